The molecule has 106 valence electrons. The first-order valence-corrected chi connectivity index (χ1v) is 6.74. The summed E-state index contributed by atoms with van der Waals surface area (Å²) in [6, 6.07) is 0. The van der Waals surface area contributed by atoms with Crippen molar-refractivity contribution in [1.29, 1.82) is 0 Å². The van der Waals surface area contributed by atoms with E-state index in [-0.39, 0.29) is 0 Å². The van der Waals surface area contributed by atoms with Crippen LogP contribution < -0.4 is 21.5 Å². The predicted octanol–water partition coefficient (Wildman–Crippen LogP) is 1.07. The maximum absolute atomic E-state index is 5.38. The normalized spacial score (nSPS) is 22.3. The summed E-state index contributed by atoms with van der Waals surface area (Å²) in [5.41, 5.74) is 2.47. The summed E-state index contributed by atoms with van der Waals surface area (Å²) in [6.45, 7) is 3.22. The second-order valence-corrected chi connectivity index (χ2v) is 5.37. The van der Waals surface area contributed by atoms with E-state index in [9.17, 15) is 0 Å². The molecule has 1 heterocycles. The molecule has 0 amide bonds. The van der Waals surface area contributed by atoms with Crippen molar-refractivity contribution in [3.63, 3.8) is 0 Å². The molecule has 1 saturated carbocycles. The predicted molar refractivity (Wildman–Crippen MR) is 77.0 cm³/mol. The molecule has 1 aliphatic rings. The van der Waals surface area contributed by atoms with Gasteiger partial charge in [0.25, 0.3) is 0 Å². The van der Waals surface area contributed by atoms with Crippen molar-refractivity contribution in [2.75, 3.05) is 36.3 Å². The van der Waals surface area contributed by atoms with Crippen LogP contribution in [0.1, 0.15) is 26.2 Å². The lowest BCUT2D eigenvalue weighted by Crippen LogP contribution is -2.21. The highest BCUT2D eigenvalue weighted by atomic mass is 15.4. The van der Waals surface area contributed by atoms with E-state index in [1.807, 2.05) is 19.0 Å². The van der Waals surface area contributed by atoms with Crippen LogP contribution in [0.3, 0.4) is 0 Å². The van der Waals surface area contributed by atoms with Gasteiger partial charge in [0.1, 0.15) is 0 Å². The minimum Gasteiger partial charge on any atom is -0.354 e. The van der Waals surface area contributed by atoms with Crippen molar-refractivity contribution < 1.29 is 0 Å². The van der Waals surface area contributed by atoms with Gasteiger partial charge in [0, 0.05) is 20.6 Å². The molecule has 0 radical (unpaired) electrons. The molecule has 1 aromatic heterocycles. The molecule has 0 saturated heterocycles. The number of nitrogens with zero attached hydrogens (tertiary/aromatic N) is 4. The Bertz CT molecular complexity index is 421. The van der Waals surface area contributed by atoms with Gasteiger partial charge < -0.3 is 10.2 Å². The lowest BCUT2D eigenvalue weighted by molar-refractivity contribution is 0.439. The van der Waals surface area contributed by atoms with Gasteiger partial charge in [0.2, 0.25) is 17.8 Å². The van der Waals surface area contributed by atoms with Crippen molar-refractivity contribution in [2.45, 2.75) is 26.2 Å². The van der Waals surface area contributed by atoms with Crippen LogP contribution in [0.25, 0.3) is 0 Å². The Labute approximate surface area is 114 Å². The molecule has 2 unspecified atom stereocenters. The highest BCUT2D eigenvalue weighted by Gasteiger charge is 2.23. The van der Waals surface area contributed by atoms with Crippen LogP contribution >= 0.6 is 0 Å². The molecule has 0 bridgehead atoms. The lowest BCUT2D eigenvalue weighted by Gasteiger charge is -2.17. The Balaban J connectivity index is 2.04. The van der Waals surface area contributed by atoms with E-state index in [2.05, 4.69) is 32.6 Å². The van der Waals surface area contributed by atoms with Crippen LogP contribution in [0.4, 0.5) is 17.8 Å². The average Bonchev–Trinajstić information content (AvgIpc) is 2.81. The molecular weight excluding hydrogens is 242 g/mol. The van der Waals surface area contributed by atoms with E-state index in [4.69, 9.17) is 5.84 Å². The van der Waals surface area contributed by atoms with Gasteiger partial charge in [0.05, 0.1) is 0 Å². The number of aromatic nitrogens is 3. The van der Waals surface area contributed by atoms with E-state index in [1.54, 1.807) is 0 Å². The summed E-state index contributed by atoms with van der Waals surface area (Å²) in [5, 5.41) is 3.30. The van der Waals surface area contributed by atoms with Crippen LogP contribution in [0, 0.1) is 11.8 Å². The van der Waals surface area contributed by atoms with E-state index in [1.165, 1.54) is 19.3 Å². The number of hydrogen-bond donors (Lipinski definition) is 3. The summed E-state index contributed by atoms with van der Waals surface area (Å²) in [4.78, 5) is 14.6. The zero-order chi connectivity index (χ0) is 13.8. The molecular formula is C12H23N7. The molecule has 7 heteroatoms. The molecule has 7 nitrogen and oxygen atoms in total. The van der Waals surface area contributed by atoms with Gasteiger partial charge in [-0.3, -0.25) is 5.43 Å². The Morgan fingerprint density at radius 3 is 2.53 bits per heavy atom. The second kappa shape index (κ2) is 6.01. The van der Waals surface area contributed by atoms with Crippen LogP contribution in [0.2, 0.25) is 0 Å². The lowest BCUT2D eigenvalue weighted by atomic mass is 9.98. The molecule has 2 rings (SSSR count). The maximum Gasteiger partial charge on any atom is 0.243 e. The SMILES string of the molecule is CC1CCCC1CNc1nc(NN)nc(N(C)C)n1. The van der Waals surface area contributed by atoms with Crippen LogP contribution in [-0.4, -0.2) is 35.6 Å². The molecule has 0 aliphatic heterocycles. The number of anilines is 3. The number of nitrogen functional groups attached to an aromatic ring is 1. The van der Waals surface area contributed by atoms with E-state index >= 15 is 0 Å². The molecule has 1 aliphatic carbocycles. The zero-order valence-corrected chi connectivity index (χ0v) is 11.8. The maximum atomic E-state index is 5.38. The topological polar surface area (TPSA) is 92.0 Å². The average molecular weight is 265 g/mol. The van der Waals surface area contributed by atoms with Gasteiger partial charge in [-0.25, -0.2) is 5.84 Å². The fraction of sp³-hybridized carbons (Fsp3) is 0.750. The van der Waals surface area contributed by atoms with Gasteiger partial charge in [-0.15, -0.1) is 0 Å². The number of nitrogens with two attached hydrogens (primary N) is 1. The van der Waals surface area contributed by atoms with Gasteiger partial charge in [-0.2, -0.15) is 15.0 Å². The van der Waals surface area contributed by atoms with Crippen molar-refractivity contribution in [3.8, 4) is 0 Å². The van der Waals surface area contributed by atoms with Crippen molar-refractivity contribution in [3.05, 3.63) is 0 Å². The number of nitrogens with one attached hydrogen (secondary N) is 2. The summed E-state index contributed by atoms with van der Waals surface area (Å²) in [7, 11) is 3.77. The first kappa shape index (κ1) is 13.8. The highest BCUT2D eigenvalue weighted by molar-refractivity contribution is 5.42. The number of hydrogen-bond acceptors (Lipinski definition) is 7. The Kier molecular flexibility index (Phi) is 4.36. The monoisotopic (exact) mass is 265 g/mol. The number of rotatable bonds is 5. The van der Waals surface area contributed by atoms with Crippen LogP contribution in [-0.2, 0) is 0 Å². The zero-order valence-electron chi connectivity index (χ0n) is 11.8. The summed E-state index contributed by atoms with van der Waals surface area (Å²) >= 11 is 0. The summed E-state index contributed by atoms with van der Waals surface area (Å²) in [6.07, 6.45) is 3.92. The summed E-state index contributed by atoms with van der Waals surface area (Å²) < 4.78 is 0. The highest BCUT2D eigenvalue weighted by Crippen LogP contribution is 2.31. The van der Waals surface area contributed by atoms with Gasteiger partial charge >= 0.3 is 0 Å². The fourth-order valence-corrected chi connectivity index (χ4v) is 2.46. The van der Waals surface area contributed by atoms with E-state index in [0.29, 0.717) is 23.8 Å². The minimum atomic E-state index is 0.376. The molecule has 1 fully saturated rings. The molecule has 2 atom stereocenters. The summed E-state index contributed by atoms with van der Waals surface area (Å²) in [5.74, 6) is 8.39. The molecule has 1 aromatic rings. The molecule has 4 N–H and O–H groups in total. The smallest absolute Gasteiger partial charge is 0.243 e. The van der Waals surface area contributed by atoms with Crippen LogP contribution in [0.15, 0.2) is 0 Å². The molecule has 0 aromatic carbocycles. The van der Waals surface area contributed by atoms with E-state index in [0.717, 1.165) is 12.5 Å². The first-order valence-electron chi connectivity index (χ1n) is 6.74. The van der Waals surface area contributed by atoms with Gasteiger partial charge in [-0.05, 0) is 18.3 Å². The van der Waals surface area contributed by atoms with Gasteiger partial charge in [0.15, 0.2) is 0 Å². The molecule has 0 spiro atoms. The number of hydrazine groups is 1. The quantitative estimate of drug-likeness (QED) is 0.541. The van der Waals surface area contributed by atoms with Crippen molar-refractivity contribution >= 4 is 17.8 Å². The Morgan fingerprint density at radius 1 is 1.21 bits per heavy atom. The fourth-order valence-electron chi connectivity index (χ4n) is 2.46. The molecule has 19 heavy (non-hydrogen) atoms. The first-order chi connectivity index (χ1) is 9.10. The third-order valence-electron chi connectivity index (χ3n) is 3.71. The third kappa shape index (κ3) is 3.44. The second-order valence-electron chi connectivity index (χ2n) is 5.37. The van der Waals surface area contributed by atoms with Crippen LogP contribution in [0.5, 0.6) is 0 Å². The van der Waals surface area contributed by atoms with E-state index < -0.39 is 0 Å². The Hall–Kier alpha value is -1.63. The largest absolute Gasteiger partial charge is 0.354 e. The third-order valence-corrected chi connectivity index (χ3v) is 3.71. The van der Waals surface area contributed by atoms with Gasteiger partial charge in [-0.1, -0.05) is 19.8 Å². The Morgan fingerprint density at radius 2 is 1.95 bits per heavy atom. The minimum absolute atomic E-state index is 0.376. The van der Waals surface area contributed by atoms with Crippen molar-refractivity contribution in [2.24, 2.45) is 17.7 Å². The standard InChI is InChI=1S/C12H23N7/c1-8-5-4-6-9(8)7-14-10-15-11(18-13)17-12(16-10)19(2)3/h8-9H,4-7,13H2,1-3H3,(H2,14,15,16,17,18). The van der Waals surface area contributed by atoms with Crippen molar-refractivity contribution in [1.82, 2.24) is 15.0 Å².